The highest BCUT2D eigenvalue weighted by Gasteiger charge is 2.23. The van der Waals surface area contributed by atoms with E-state index in [9.17, 15) is 9.59 Å². The minimum atomic E-state index is -0.451. The van der Waals surface area contributed by atoms with Gasteiger partial charge in [-0.3, -0.25) is 0 Å². The fraction of sp³-hybridized carbons (Fsp3) is 0.154. The molecule has 5 nitrogen and oxygen atoms in total. The van der Waals surface area contributed by atoms with Crippen molar-refractivity contribution in [1.29, 1.82) is 0 Å². The van der Waals surface area contributed by atoms with Gasteiger partial charge < -0.3 is 14.0 Å². The van der Waals surface area contributed by atoms with Gasteiger partial charge in [0, 0.05) is 16.8 Å². The van der Waals surface area contributed by atoms with E-state index >= 15 is 0 Å². The van der Waals surface area contributed by atoms with E-state index in [1.54, 1.807) is 43.3 Å². The van der Waals surface area contributed by atoms with Crippen molar-refractivity contribution in [2.75, 3.05) is 6.61 Å². The first-order valence-electron chi connectivity index (χ1n) is 10.2. The number of carbonyl (C=O) groups is 2. The standard InChI is InChI=1S/C26H23NO4/c1-4-30-26(29)24-18(3)27(22-13-9-8-10-17(22)2)23-15-14-20(16-21(23)24)31-25(28)19-11-6-5-7-12-19/h5-16H,4H2,1-3H3. The number of fused-ring (bicyclic) bond motifs is 1. The Morgan fingerprint density at radius 2 is 1.58 bits per heavy atom. The molecule has 0 N–H and O–H groups in total. The lowest BCUT2D eigenvalue weighted by atomic mass is 10.1. The summed E-state index contributed by atoms with van der Waals surface area (Å²) in [6.07, 6.45) is 0. The lowest BCUT2D eigenvalue weighted by Crippen LogP contribution is -2.08. The molecule has 0 bridgehead atoms. The molecule has 0 saturated carbocycles. The summed E-state index contributed by atoms with van der Waals surface area (Å²) in [4.78, 5) is 25.3. The molecule has 1 aromatic heterocycles. The fourth-order valence-electron chi connectivity index (χ4n) is 3.79. The second-order valence-electron chi connectivity index (χ2n) is 7.24. The van der Waals surface area contributed by atoms with Crippen LogP contribution in [0, 0.1) is 13.8 Å². The van der Waals surface area contributed by atoms with Gasteiger partial charge in [0.05, 0.1) is 23.3 Å². The number of rotatable bonds is 5. The lowest BCUT2D eigenvalue weighted by molar-refractivity contribution is 0.0527. The first-order valence-corrected chi connectivity index (χ1v) is 10.2. The van der Waals surface area contributed by atoms with Crippen molar-refractivity contribution in [3.63, 3.8) is 0 Å². The quantitative estimate of drug-likeness (QED) is 0.314. The van der Waals surface area contributed by atoms with Crippen LogP contribution in [0.4, 0.5) is 0 Å². The Hall–Kier alpha value is -3.86. The lowest BCUT2D eigenvalue weighted by Gasteiger charge is -2.12. The second kappa shape index (κ2) is 8.48. The molecule has 0 radical (unpaired) electrons. The molecule has 5 heteroatoms. The summed E-state index contributed by atoms with van der Waals surface area (Å²) in [6.45, 7) is 5.98. The van der Waals surface area contributed by atoms with Crippen molar-refractivity contribution < 1.29 is 19.1 Å². The van der Waals surface area contributed by atoms with E-state index in [-0.39, 0.29) is 6.61 Å². The number of hydrogen-bond donors (Lipinski definition) is 0. The molecule has 0 aliphatic carbocycles. The molecular formula is C26H23NO4. The number of aromatic nitrogens is 1. The summed E-state index contributed by atoms with van der Waals surface area (Å²) in [7, 11) is 0. The van der Waals surface area contributed by atoms with Crippen molar-refractivity contribution in [3.8, 4) is 11.4 Å². The number of ether oxygens (including phenoxy) is 2. The van der Waals surface area contributed by atoms with Crippen molar-refractivity contribution in [3.05, 3.63) is 95.2 Å². The largest absolute Gasteiger partial charge is 0.462 e. The van der Waals surface area contributed by atoms with E-state index in [0.717, 1.165) is 22.5 Å². The Labute approximate surface area is 180 Å². The molecule has 4 rings (SSSR count). The van der Waals surface area contributed by atoms with Crippen LogP contribution in [0.15, 0.2) is 72.8 Å². The molecule has 31 heavy (non-hydrogen) atoms. The second-order valence-corrected chi connectivity index (χ2v) is 7.24. The molecule has 0 saturated heterocycles. The minimum absolute atomic E-state index is 0.276. The Kier molecular flexibility index (Phi) is 5.58. The highest BCUT2D eigenvalue weighted by molar-refractivity contribution is 6.07. The molecule has 1 heterocycles. The summed E-state index contributed by atoms with van der Waals surface area (Å²) < 4.78 is 12.9. The average molecular weight is 413 g/mol. The summed E-state index contributed by atoms with van der Waals surface area (Å²) >= 11 is 0. The zero-order chi connectivity index (χ0) is 22.0. The maximum absolute atomic E-state index is 12.8. The van der Waals surface area contributed by atoms with E-state index in [0.29, 0.717) is 22.3 Å². The highest BCUT2D eigenvalue weighted by atomic mass is 16.5. The monoisotopic (exact) mass is 413 g/mol. The average Bonchev–Trinajstić information content (AvgIpc) is 3.06. The van der Waals surface area contributed by atoms with Gasteiger partial charge in [0.25, 0.3) is 0 Å². The normalized spacial score (nSPS) is 10.8. The van der Waals surface area contributed by atoms with Crippen LogP contribution in [-0.4, -0.2) is 23.1 Å². The summed E-state index contributed by atoms with van der Waals surface area (Å²) in [5.41, 5.74) is 4.61. The fourth-order valence-corrected chi connectivity index (χ4v) is 3.79. The van der Waals surface area contributed by atoms with Crippen LogP contribution in [0.5, 0.6) is 5.75 Å². The van der Waals surface area contributed by atoms with E-state index in [1.807, 2.05) is 54.8 Å². The molecule has 0 fully saturated rings. The van der Waals surface area contributed by atoms with Gasteiger partial charge in [-0.2, -0.15) is 0 Å². The number of benzene rings is 3. The summed E-state index contributed by atoms with van der Waals surface area (Å²) in [6, 6.07) is 22.1. The van der Waals surface area contributed by atoms with Crippen molar-refractivity contribution in [1.82, 2.24) is 4.57 Å². The minimum Gasteiger partial charge on any atom is -0.462 e. The third kappa shape index (κ3) is 3.82. The highest BCUT2D eigenvalue weighted by Crippen LogP contribution is 2.33. The van der Waals surface area contributed by atoms with Crippen LogP contribution in [0.2, 0.25) is 0 Å². The maximum Gasteiger partial charge on any atom is 0.343 e. The number of nitrogens with zero attached hydrogens (tertiary/aromatic N) is 1. The maximum atomic E-state index is 12.8. The predicted molar refractivity (Wildman–Crippen MR) is 120 cm³/mol. The van der Waals surface area contributed by atoms with Crippen molar-refractivity contribution in [2.45, 2.75) is 20.8 Å². The Balaban J connectivity index is 1.86. The third-order valence-corrected chi connectivity index (χ3v) is 5.23. The van der Waals surface area contributed by atoms with E-state index in [1.165, 1.54) is 0 Å². The van der Waals surface area contributed by atoms with Gasteiger partial charge in [0.1, 0.15) is 5.75 Å². The molecule has 0 aliphatic rings. The Morgan fingerprint density at radius 1 is 0.871 bits per heavy atom. The van der Waals surface area contributed by atoms with Crippen LogP contribution in [0.1, 0.15) is 38.9 Å². The van der Waals surface area contributed by atoms with Gasteiger partial charge in [-0.25, -0.2) is 9.59 Å². The first kappa shape index (κ1) is 20.4. The zero-order valence-corrected chi connectivity index (χ0v) is 17.7. The van der Waals surface area contributed by atoms with E-state index < -0.39 is 11.9 Å². The SMILES string of the molecule is CCOC(=O)c1c(C)n(-c2ccccc2C)c2ccc(OC(=O)c3ccccc3)cc12. The molecular weight excluding hydrogens is 390 g/mol. The number of esters is 2. The Bertz CT molecular complexity index is 1270. The predicted octanol–water partition coefficient (Wildman–Crippen LogP) is 5.64. The molecule has 0 atom stereocenters. The van der Waals surface area contributed by atoms with E-state index in [2.05, 4.69) is 0 Å². The van der Waals surface area contributed by atoms with Gasteiger partial charge in [-0.1, -0.05) is 36.4 Å². The molecule has 0 unspecified atom stereocenters. The van der Waals surface area contributed by atoms with Gasteiger partial charge in [0.2, 0.25) is 0 Å². The van der Waals surface area contributed by atoms with Gasteiger partial charge in [-0.05, 0) is 62.7 Å². The Morgan fingerprint density at radius 3 is 2.29 bits per heavy atom. The molecule has 0 amide bonds. The van der Waals surface area contributed by atoms with Gasteiger partial charge >= 0.3 is 11.9 Å². The van der Waals surface area contributed by atoms with Crippen LogP contribution in [-0.2, 0) is 4.74 Å². The van der Waals surface area contributed by atoms with Gasteiger partial charge in [0.15, 0.2) is 0 Å². The number of para-hydroxylation sites is 1. The summed E-state index contributed by atoms with van der Waals surface area (Å²) in [5, 5.41) is 0.678. The van der Waals surface area contributed by atoms with Crippen LogP contribution in [0.25, 0.3) is 16.6 Å². The number of hydrogen-bond acceptors (Lipinski definition) is 4. The number of aryl methyl sites for hydroxylation is 1. The molecule has 0 aliphatic heterocycles. The van der Waals surface area contributed by atoms with Gasteiger partial charge in [-0.15, -0.1) is 0 Å². The van der Waals surface area contributed by atoms with Crippen LogP contribution in [0.3, 0.4) is 0 Å². The van der Waals surface area contributed by atoms with E-state index in [4.69, 9.17) is 9.47 Å². The first-order chi connectivity index (χ1) is 15.0. The summed E-state index contributed by atoms with van der Waals surface area (Å²) in [5.74, 6) is -0.481. The van der Waals surface area contributed by atoms with Crippen molar-refractivity contribution in [2.24, 2.45) is 0 Å². The molecule has 3 aromatic carbocycles. The van der Waals surface area contributed by atoms with Crippen molar-refractivity contribution >= 4 is 22.8 Å². The van der Waals surface area contributed by atoms with Crippen LogP contribution < -0.4 is 4.74 Å². The number of carbonyl (C=O) groups excluding carboxylic acids is 2. The third-order valence-electron chi connectivity index (χ3n) is 5.23. The van der Waals surface area contributed by atoms with Crippen LogP contribution >= 0.6 is 0 Å². The molecule has 0 spiro atoms. The topological polar surface area (TPSA) is 57.5 Å². The smallest absolute Gasteiger partial charge is 0.343 e. The molecule has 4 aromatic rings. The molecule has 156 valence electrons. The zero-order valence-electron chi connectivity index (χ0n) is 17.7.